The summed E-state index contributed by atoms with van der Waals surface area (Å²) in [6, 6.07) is 8.13. The van der Waals surface area contributed by atoms with Crippen molar-refractivity contribution in [2.75, 3.05) is 0 Å². The van der Waals surface area contributed by atoms with Crippen LogP contribution in [0, 0.1) is 13.8 Å². The number of ketones is 1. The third-order valence-corrected chi connectivity index (χ3v) is 5.37. The van der Waals surface area contributed by atoms with Crippen LogP contribution in [0.15, 0.2) is 35.5 Å². The van der Waals surface area contributed by atoms with Crippen molar-refractivity contribution in [1.29, 1.82) is 0 Å². The number of nitrogens with zero attached hydrogens (tertiary/aromatic N) is 5. The highest BCUT2D eigenvalue weighted by Crippen LogP contribution is 2.28. The summed E-state index contributed by atoms with van der Waals surface area (Å²) in [5, 5.41) is 11.4. The molecule has 0 aliphatic carbocycles. The Bertz CT molecular complexity index is 985. The topological polar surface area (TPSA) is 74.8 Å². The van der Waals surface area contributed by atoms with Crippen molar-refractivity contribution in [3.63, 3.8) is 0 Å². The summed E-state index contributed by atoms with van der Waals surface area (Å²) >= 11 is 1.29. The minimum Gasteiger partial charge on any atom is -0.435 e. The van der Waals surface area contributed by atoms with Gasteiger partial charge in [-0.1, -0.05) is 11.8 Å². The minimum atomic E-state index is -2.87. The van der Waals surface area contributed by atoms with E-state index in [1.807, 2.05) is 31.4 Å². The number of aromatic nitrogens is 5. The average Bonchev–Trinajstić information content (AvgIpc) is 3.17. The molecule has 0 N–H and O–H groups in total. The van der Waals surface area contributed by atoms with Gasteiger partial charge in [-0.25, -0.2) is 4.68 Å². The first kappa shape index (κ1) is 20.0. The van der Waals surface area contributed by atoms with Gasteiger partial charge < -0.3 is 9.30 Å². The number of carbonyl (C=O) groups excluding carboxylic acids is 1. The summed E-state index contributed by atoms with van der Waals surface area (Å²) < 4.78 is 32.4. The molecule has 0 aliphatic heterocycles. The zero-order valence-corrected chi connectivity index (χ0v) is 16.6. The van der Waals surface area contributed by atoms with E-state index in [0.29, 0.717) is 10.7 Å². The van der Waals surface area contributed by atoms with E-state index in [4.69, 9.17) is 0 Å². The number of ether oxygens (including phenoxy) is 1. The summed E-state index contributed by atoms with van der Waals surface area (Å²) in [6.45, 7) is 2.68. The van der Waals surface area contributed by atoms with Gasteiger partial charge in [0.15, 0.2) is 5.78 Å². The number of alkyl halides is 2. The molecule has 148 valence electrons. The van der Waals surface area contributed by atoms with Crippen molar-refractivity contribution in [1.82, 2.24) is 24.8 Å². The molecule has 0 aliphatic rings. The zero-order chi connectivity index (χ0) is 20.4. The smallest absolute Gasteiger partial charge is 0.387 e. The lowest BCUT2D eigenvalue weighted by atomic mass is 10.1. The van der Waals surface area contributed by atoms with E-state index in [9.17, 15) is 13.6 Å². The Labute approximate surface area is 164 Å². The van der Waals surface area contributed by atoms with Crippen LogP contribution in [0.1, 0.15) is 28.7 Å². The molecule has 0 saturated heterocycles. The Morgan fingerprint density at radius 1 is 1.21 bits per heavy atom. The van der Waals surface area contributed by atoms with Gasteiger partial charge in [0, 0.05) is 29.7 Å². The quantitative estimate of drug-likeness (QED) is 0.440. The van der Waals surface area contributed by atoms with E-state index in [1.165, 1.54) is 28.6 Å². The highest BCUT2D eigenvalue weighted by atomic mass is 32.2. The second-order valence-electron chi connectivity index (χ2n) is 6.20. The molecule has 3 aromatic rings. The predicted molar refractivity (Wildman–Crippen MR) is 100 cm³/mol. The third-order valence-electron chi connectivity index (χ3n) is 4.25. The van der Waals surface area contributed by atoms with Gasteiger partial charge in [0.25, 0.3) is 0 Å². The molecule has 10 heteroatoms. The van der Waals surface area contributed by atoms with E-state index in [2.05, 4.69) is 20.3 Å². The minimum absolute atomic E-state index is 0.0370. The lowest BCUT2D eigenvalue weighted by Gasteiger charge is -2.12. The summed E-state index contributed by atoms with van der Waals surface area (Å²) in [7, 11) is 1.72. The number of carbonyl (C=O) groups is 1. The first-order chi connectivity index (χ1) is 13.3. The van der Waals surface area contributed by atoms with Gasteiger partial charge in [-0.15, -0.1) is 5.10 Å². The maximum absolute atomic E-state index is 13.0. The Balaban J connectivity index is 1.85. The van der Waals surface area contributed by atoms with Crippen LogP contribution in [0.4, 0.5) is 8.78 Å². The fourth-order valence-corrected chi connectivity index (χ4v) is 3.76. The van der Waals surface area contributed by atoms with Crippen LogP contribution in [0.3, 0.4) is 0 Å². The molecule has 0 bridgehead atoms. The van der Waals surface area contributed by atoms with Crippen LogP contribution in [0.25, 0.3) is 5.69 Å². The maximum Gasteiger partial charge on any atom is 0.387 e. The van der Waals surface area contributed by atoms with Crippen molar-refractivity contribution in [2.24, 2.45) is 7.05 Å². The van der Waals surface area contributed by atoms with Gasteiger partial charge in [0.2, 0.25) is 5.16 Å². The number of rotatable bonds is 7. The fraction of sp³-hybridized carbons (Fsp3) is 0.333. The second-order valence-corrected chi connectivity index (χ2v) is 7.51. The van der Waals surface area contributed by atoms with Crippen molar-refractivity contribution in [2.45, 2.75) is 37.8 Å². The Kier molecular flexibility index (Phi) is 5.78. The number of tetrazole rings is 1. The van der Waals surface area contributed by atoms with Crippen molar-refractivity contribution < 1.29 is 18.3 Å². The molecule has 1 unspecified atom stereocenters. The number of hydrogen-bond donors (Lipinski definition) is 0. The van der Waals surface area contributed by atoms with Gasteiger partial charge in [0.05, 0.1) is 5.25 Å². The molecular weight excluding hydrogens is 388 g/mol. The van der Waals surface area contributed by atoms with Crippen LogP contribution in [0.2, 0.25) is 0 Å². The van der Waals surface area contributed by atoms with Crippen LogP contribution < -0.4 is 4.74 Å². The molecule has 0 saturated carbocycles. The highest BCUT2D eigenvalue weighted by molar-refractivity contribution is 8.00. The highest BCUT2D eigenvalue weighted by Gasteiger charge is 2.24. The average molecular weight is 407 g/mol. The molecule has 1 atom stereocenters. The maximum atomic E-state index is 13.0. The zero-order valence-electron chi connectivity index (χ0n) is 15.8. The molecule has 2 aromatic heterocycles. The van der Waals surface area contributed by atoms with Gasteiger partial charge >= 0.3 is 6.61 Å². The summed E-state index contributed by atoms with van der Waals surface area (Å²) in [4.78, 5) is 13.0. The van der Waals surface area contributed by atoms with Gasteiger partial charge in [-0.3, -0.25) is 4.79 Å². The number of benzene rings is 1. The van der Waals surface area contributed by atoms with E-state index < -0.39 is 6.61 Å². The number of aryl methyl sites for hydroxylation is 2. The first-order valence-electron chi connectivity index (χ1n) is 8.45. The molecule has 0 fully saturated rings. The molecule has 0 radical (unpaired) electrons. The predicted octanol–water partition coefficient (Wildman–Crippen LogP) is 3.58. The van der Waals surface area contributed by atoms with Crippen molar-refractivity contribution >= 4 is 17.5 Å². The Morgan fingerprint density at radius 3 is 2.46 bits per heavy atom. The fourth-order valence-electron chi connectivity index (χ4n) is 2.94. The number of thioether (sulfide) groups is 1. The van der Waals surface area contributed by atoms with Crippen LogP contribution in [0.5, 0.6) is 5.75 Å². The first-order valence-corrected chi connectivity index (χ1v) is 9.33. The molecule has 0 spiro atoms. The van der Waals surface area contributed by atoms with E-state index in [0.717, 1.165) is 17.1 Å². The normalized spacial score (nSPS) is 12.4. The SMILES string of the molecule is Cc1cc(C(=O)C(C)Sc2nnnn2C)c(C)n1-c1ccc(OC(F)F)cc1. The van der Waals surface area contributed by atoms with Gasteiger partial charge in [0.1, 0.15) is 5.75 Å². The summed E-state index contributed by atoms with van der Waals surface area (Å²) in [6.07, 6.45) is 0. The molecule has 28 heavy (non-hydrogen) atoms. The van der Waals surface area contributed by atoms with Gasteiger partial charge in [-0.05, 0) is 61.5 Å². The van der Waals surface area contributed by atoms with Crippen molar-refractivity contribution in [3.8, 4) is 11.4 Å². The van der Waals surface area contributed by atoms with E-state index in [1.54, 1.807) is 19.2 Å². The molecule has 7 nitrogen and oxygen atoms in total. The monoisotopic (exact) mass is 407 g/mol. The lowest BCUT2D eigenvalue weighted by Crippen LogP contribution is -2.15. The number of Topliss-reactive ketones (excluding diaryl/α,β-unsaturated/α-hetero) is 1. The lowest BCUT2D eigenvalue weighted by molar-refractivity contribution is -0.0498. The Hall–Kier alpha value is -2.75. The van der Waals surface area contributed by atoms with E-state index >= 15 is 0 Å². The molecule has 3 rings (SSSR count). The second kappa shape index (κ2) is 8.09. The molecular formula is C18H19F2N5O2S. The number of halogens is 2. The van der Waals surface area contributed by atoms with Crippen LogP contribution in [-0.2, 0) is 7.05 Å². The molecule has 2 heterocycles. The Morgan fingerprint density at radius 2 is 1.89 bits per heavy atom. The summed E-state index contributed by atoms with van der Waals surface area (Å²) in [5.74, 6) is 0.0461. The van der Waals surface area contributed by atoms with Crippen molar-refractivity contribution in [3.05, 3.63) is 47.3 Å². The molecule has 0 amide bonds. The molecule has 1 aromatic carbocycles. The standard InChI is InChI=1S/C18H19F2N5O2S/c1-10-9-15(16(26)12(3)28-18-21-22-23-24(18)4)11(2)25(10)13-5-7-14(8-6-13)27-17(19)20/h5-9,12,17H,1-4H3. The largest absolute Gasteiger partial charge is 0.435 e. The van der Waals surface area contributed by atoms with Gasteiger partial charge in [-0.2, -0.15) is 8.78 Å². The van der Waals surface area contributed by atoms with E-state index in [-0.39, 0.29) is 16.8 Å². The summed E-state index contributed by atoms with van der Waals surface area (Å²) in [5.41, 5.74) is 2.99. The number of hydrogen-bond acceptors (Lipinski definition) is 6. The van der Waals surface area contributed by atoms with Crippen LogP contribution in [-0.4, -0.2) is 42.4 Å². The third kappa shape index (κ3) is 4.06. The van der Waals surface area contributed by atoms with Crippen LogP contribution >= 0.6 is 11.8 Å².